The standard InChI is InChI=1S/C17H18N2O2S/c1-13-3-2-4-14(9-13)21-15-10-19(11-15)17(20)12-22-16-5-7-18-8-6-16/h2-9,15H,10-12H2,1H3. The molecule has 1 fully saturated rings. The number of carbonyl (C=O) groups excluding carboxylic acids is 1. The monoisotopic (exact) mass is 314 g/mol. The summed E-state index contributed by atoms with van der Waals surface area (Å²) < 4.78 is 5.87. The van der Waals surface area contributed by atoms with Gasteiger partial charge in [0.15, 0.2) is 0 Å². The summed E-state index contributed by atoms with van der Waals surface area (Å²) in [4.78, 5) is 19.0. The zero-order valence-corrected chi connectivity index (χ0v) is 13.3. The molecule has 2 aromatic rings. The Morgan fingerprint density at radius 3 is 2.82 bits per heavy atom. The van der Waals surface area contributed by atoms with Crippen molar-refractivity contribution in [1.29, 1.82) is 0 Å². The Morgan fingerprint density at radius 2 is 2.09 bits per heavy atom. The van der Waals surface area contributed by atoms with Crippen molar-refractivity contribution in [2.24, 2.45) is 0 Å². The van der Waals surface area contributed by atoms with E-state index in [2.05, 4.69) is 4.98 Å². The first kappa shape index (κ1) is 14.9. The molecule has 22 heavy (non-hydrogen) atoms. The van der Waals surface area contributed by atoms with Crippen molar-refractivity contribution in [1.82, 2.24) is 9.88 Å². The molecule has 5 heteroatoms. The van der Waals surface area contributed by atoms with Gasteiger partial charge < -0.3 is 9.64 Å². The molecular weight excluding hydrogens is 296 g/mol. The topological polar surface area (TPSA) is 42.4 Å². The van der Waals surface area contributed by atoms with Crippen LogP contribution in [-0.4, -0.2) is 40.7 Å². The molecule has 1 amide bonds. The average Bonchev–Trinajstić information content (AvgIpc) is 2.49. The number of amides is 1. The summed E-state index contributed by atoms with van der Waals surface area (Å²) in [7, 11) is 0. The first-order valence-corrected chi connectivity index (χ1v) is 8.23. The minimum absolute atomic E-state index is 0.108. The van der Waals surface area contributed by atoms with Crippen molar-refractivity contribution in [3.8, 4) is 5.75 Å². The van der Waals surface area contributed by atoms with Gasteiger partial charge in [-0.15, -0.1) is 11.8 Å². The zero-order valence-electron chi connectivity index (χ0n) is 12.4. The number of rotatable bonds is 5. The summed E-state index contributed by atoms with van der Waals surface area (Å²) in [6, 6.07) is 11.8. The molecule has 1 aromatic heterocycles. The van der Waals surface area contributed by atoms with E-state index in [4.69, 9.17) is 4.74 Å². The second-order valence-electron chi connectivity index (χ2n) is 5.33. The number of ether oxygens (including phenoxy) is 1. The number of thioether (sulfide) groups is 1. The summed E-state index contributed by atoms with van der Waals surface area (Å²) in [6.07, 6.45) is 3.58. The Hall–Kier alpha value is -2.01. The van der Waals surface area contributed by atoms with Crippen molar-refractivity contribution in [3.63, 3.8) is 0 Å². The molecule has 4 nitrogen and oxygen atoms in total. The summed E-state index contributed by atoms with van der Waals surface area (Å²) in [6.45, 7) is 3.38. The van der Waals surface area contributed by atoms with Crippen molar-refractivity contribution < 1.29 is 9.53 Å². The summed E-state index contributed by atoms with van der Waals surface area (Å²) >= 11 is 1.54. The highest BCUT2D eigenvalue weighted by Crippen LogP contribution is 2.21. The maximum atomic E-state index is 12.1. The highest BCUT2D eigenvalue weighted by molar-refractivity contribution is 8.00. The van der Waals surface area contributed by atoms with E-state index in [1.54, 1.807) is 24.2 Å². The van der Waals surface area contributed by atoms with Crippen LogP contribution in [0, 0.1) is 6.92 Å². The van der Waals surface area contributed by atoms with Crippen molar-refractivity contribution >= 4 is 17.7 Å². The Bertz CT molecular complexity index is 642. The third kappa shape index (κ3) is 3.80. The number of aryl methyl sites for hydroxylation is 1. The summed E-state index contributed by atoms with van der Waals surface area (Å²) in [5.41, 5.74) is 1.18. The van der Waals surface area contributed by atoms with Crippen LogP contribution in [0.4, 0.5) is 0 Å². The smallest absolute Gasteiger partial charge is 0.233 e. The average molecular weight is 314 g/mol. The lowest BCUT2D eigenvalue weighted by molar-refractivity contribution is -0.137. The van der Waals surface area contributed by atoms with Gasteiger partial charge in [0.25, 0.3) is 0 Å². The lowest BCUT2D eigenvalue weighted by Gasteiger charge is -2.39. The van der Waals surface area contributed by atoms with Crippen molar-refractivity contribution in [2.45, 2.75) is 17.9 Å². The second kappa shape index (κ2) is 6.83. The first-order valence-electron chi connectivity index (χ1n) is 7.24. The molecule has 0 atom stereocenters. The van der Waals surface area contributed by atoms with E-state index in [0.717, 1.165) is 10.6 Å². The summed E-state index contributed by atoms with van der Waals surface area (Å²) in [5.74, 6) is 1.50. The molecule has 0 aliphatic carbocycles. The van der Waals surface area contributed by atoms with Gasteiger partial charge in [0.05, 0.1) is 18.8 Å². The van der Waals surface area contributed by atoms with Crippen LogP contribution in [0.3, 0.4) is 0 Å². The quantitative estimate of drug-likeness (QED) is 0.796. The SMILES string of the molecule is Cc1cccc(OC2CN(C(=O)CSc3ccncc3)C2)c1. The molecule has 0 bridgehead atoms. The molecule has 1 aromatic carbocycles. The van der Waals surface area contributed by atoms with Crippen molar-refractivity contribution in [2.75, 3.05) is 18.8 Å². The van der Waals surface area contributed by atoms with E-state index in [1.165, 1.54) is 5.56 Å². The molecule has 0 spiro atoms. The van der Waals surface area contributed by atoms with Gasteiger partial charge in [0, 0.05) is 17.3 Å². The van der Waals surface area contributed by atoms with Gasteiger partial charge in [0.1, 0.15) is 11.9 Å². The maximum Gasteiger partial charge on any atom is 0.233 e. The van der Waals surface area contributed by atoms with Crippen LogP contribution in [0.15, 0.2) is 53.7 Å². The fourth-order valence-electron chi connectivity index (χ4n) is 2.27. The molecule has 114 valence electrons. The fraction of sp³-hybridized carbons (Fsp3) is 0.294. The third-order valence-corrected chi connectivity index (χ3v) is 4.50. The number of hydrogen-bond acceptors (Lipinski definition) is 4. The number of likely N-dealkylation sites (tertiary alicyclic amines) is 1. The number of benzene rings is 1. The first-order chi connectivity index (χ1) is 10.7. The molecule has 1 aliphatic heterocycles. The molecule has 0 saturated carbocycles. The highest BCUT2D eigenvalue weighted by Gasteiger charge is 2.31. The van der Waals surface area contributed by atoms with E-state index in [-0.39, 0.29) is 12.0 Å². The van der Waals surface area contributed by atoms with Gasteiger partial charge in [-0.1, -0.05) is 12.1 Å². The number of aromatic nitrogens is 1. The summed E-state index contributed by atoms with van der Waals surface area (Å²) in [5, 5.41) is 0. The Labute approximate surface area is 134 Å². The van der Waals surface area contributed by atoms with Crippen LogP contribution < -0.4 is 4.74 Å². The molecule has 3 rings (SSSR count). The predicted octanol–water partition coefficient (Wildman–Crippen LogP) is 2.77. The number of hydrogen-bond donors (Lipinski definition) is 0. The number of nitrogens with zero attached hydrogens (tertiary/aromatic N) is 2. The fourth-order valence-corrected chi connectivity index (χ4v) is 3.06. The van der Waals surface area contributed by atoms with E-state index >= 15 is 0 Å². The molecule has 1 aliphatic rings. The second-order valence-corrected chi connectivity index (χ2v) is 6.38. The maximum absolute atomic E-state index is 12.1. The molecule has 0 radical (unpaired) electrons. The van der Waals surface area contributed by atoms with Crippen LogP contribution >= 0.6 is 11.8 Å². The zero-order chi connectivity index (χ0) is 15.4. The lowest BCUT2D eigenvalue weighted by Crippen LogP contribution is -2.56. The van der Waals surface area contributed by atoms with Gasteiger partial charge in [-0.3, -0.25) is 9.78 Å². The van der Waals surface area contributed by atoms with E-state index in [0.29, 0.717) is 18.8 Å². The predicted molar refractivity (Wildman–Crippen MR) is 87.1 cm³/mol. The lowest BCUT2D eigenvalue weighted by atomic mass is 10.1. The van der Waals surface area contributed by atoms with Gasteiger partial charge in [-0.2, -0.15) is 0 Å². The Morgan fingerprint density at radius 1 is 1.32 bits per heavy atom. The molecule has 0 N–H and O–H groups in total. The van der Waals surface area contributed by atoms with Gasteiger partial charge in [-0.05, 0) is 36.8 Å². The van der Waals surface area contributed by atoms with E-state index < -0.39 is 0 Å². The highest BCUT2D eigenvalue weighted by atomic mass is 32.2. The van der Waals surface area contributed by atoms with E-state index in [9.17, 15) is 4.79 Å². The van der Waals surface area contributed by atoms with Gasteiger partial charge >= 0.3 is 0 Å². The van der Waals surface area contributed by atoms with Crippen LogP contribution in [0.1, 0.15) is 5.56 Å². The van der Waals surface area contributed by atoms with Gasteiger partial charge in [-0.25, -0.2) is 0 Å². The van der Waals surface area contributed by atoms with Crippen LogP contribution in [0.2, 0.25) is 0 Å². The molecule has 0 unspecified atom stereocenters. The third-order valence-electron chi connectivity index (χ3n) is 3.51. The Balaban J connectivity index is 1.42. The van der Waals surface area contributed by atoms with Crippen LogP contribution in [-0.2, 0) is 4.79 Å². The van der Waals surface area contributed by atoms with Gasteiger partial charge in [0.2, 0.25) is 5.91 Å². The number of pyridine rings is 1. The number of carbonyl (C=O) groups is 1. The minimum atomic E-state index is 0.108. The van der Waals surface area contributed by atoms with Crippen LogP contribution in [0.5, 0.6) is 5.75 Å². The molecule has 2 heterocycles. The minimum Gasteiger partial charge on any atom is -0.487 e. The molecule has 1 saturated heterocycles. The Kier molecular flexibility index (Phi) is 4.63. The normalized spacial score (nSPS) is 14.5. The van der Waals surface area contributed by atoms with E-state index in [1.807, 2.05) is 48.2 Å². The molecular formula is C17H18N2O2S. The largest absolute Gasteiger partial charge is 0.487 e. The van der Waals surface area contributed by atoms with Crippen molar-refractivity contribution in [3.05, 3.63) is 54.4 Å². The van der Waals surface area contributed by atoms with Crippen LogP contribution in [0.25, 0.3) is 0 Å².